The van der Waals surface area contributed by atoms with Crippen molar-refractivity contribution in [2.75, 3.05) is 7.05 Å². The maximum absolute atomic E-state index is 13.2. The van der Waals surface area contributed by atoms with Gasteiger partial charge in [0.05, 0.1) is 10.5 Å². The zero-order chi connectivity index (χ0) is 20.5. The lowest BCUT2D eigenvalue weighted by molar-refractivity contribution is -0.139. The molecule has 1 fully saturated rings. The van der Waals surface area contributed by atoms with E-state index in [-0.39, 0.29) is 18.5 Å². The normalized spacial score (nSPS) is 14.9. The SMILES string of the molecule is CN(Cc1ccc(C(=O)NC2CC2)cc1)S(=O)(=O)c1ccccc1C(F)(F)F. The Morgan fingerprint density at radius 2 is 1.71 bits per heavy atom. The molecule has 1 N–H and O–H groups in total. The molecule has 1 aliphatic carbocycles. The van der Waals surface area contributed by atoms with Crippen LogP contribution >= 0.6 is 0 Å². The number of carbonyl (C=O) groups excluding carboxylic acids is 1. The summed E-state index contributed by atoms with van der Waals surface area (Å²) in [6, 6.07) is 10.6. The molecule has 0 atom stereocenters. The third-order valence-corrected chi connectivity index (χ3v) is 6.28. The zero-order valence-electron chi connectivity index (χ0n) is 15.0. The third kappa shape index (κ3) is 4.53. The second-order valence-corrected chi connectivity index (χ2v) is 8.71. The molecule has 2 aromatic rings. The number of alkyl halides is 3. The van der Waals surface area contributed by atoms with E-state index in [0.717, 1.165) is 35.3 Å². The summed E-state index contributed by atoms with van der Waals surface area (Å²) in [5.41, 5.74) is -0.198. The molecular formula is C19H19F3N2O3S. The van der Waals surface area contributed by atoms with Crippen LogP contribution in [0.25, 0.3) is 0 Å². The fourth-order valence-electron chi connectivity index (χ4n) is 2.69. The number of benzene rings is 2. The number of nitrogens with zero attached hydrogens (tertiary/aromatic N) is 1. The molecule has 0 heterocycles. The van der Waals surface area contributed by atoms with Crippen molar-refractivity contribution in [2.24, 2.45) is 0 Å². The predicted octanol–water partition coefficient (Wildman–Crippen LogP) is 3.42. The highest BCUT2D eigenvalue weighted by Crippen LogP contribution is 2.35. The summed E-state index contributed by atoms with van der Waals surface area (Å²) in [5.74, 6) is -0.200. The highest BCUT2D eigenvalue weighted by molar-refractivity contribution is 7.89. The standard InChI is InChI=1S/C19H19F3N2O3S/c1-24(28(26,27)17-5-3-2-4-16(17)19(20,21)22)12-13-6-8-14(9-7-13)18(25)23-15-10-11-15/h2-9,15H,10-12H2,1H3,(H,23,25). The topological polar surface area (TPSA) is 66.5 Å². The lowest BCUT2D eigenvalue weighted by Gasteiger charge is -2.20. The summed E-state index contributed by atoms with van der Waals surface area (Å²) in [4.78, 5) is 11.2. The van der Waals surface area contributed by atoms with Crippen LogP contribution in [0.15, 0.2) is 53.4 Å². The van der Waals surface area contributed by atoms with Crippen molar-refractivity contribution in [2.45, 2.75) is 36.5 Å². The van der Waals surface area contributed by atoms with Crippen LogP contribution in [0, 0.1) is 0 Å². The van der Waals surface area contributed by atoms with Crippen molar-refractivity contribution >= 4 is 15.9 Å². The largest absolute Gasteiger partial charge is 0.417 e. The molecule has 1 aliphatic rings. The molecule has 3 rings (SSSR count). The Labute approximate surface area is 161 Å². The molecule has 9 heteroatoms. The fourth-order valence-corrected chi connectivity index (χ4v) is 4.06. The summed E-state index contributed by atoms with van der Waals surface area (Å²) >= 11 is 0. The molecule has 0 bridgehead atoms. The molecule has 0 saturated heterocycles. The zero-order valence-corrected chi connectivity index (χ0v) is 15.8. The number of sulfonamides is 1. The van der Waals surface area contributed by atoms with Gasteiger partial charge in [0.15, 0.2) is 0 Å². The lowest BCUT2D eigenvalue weighted by atomic mass is 10.1. The Bertz CT molecular complexity index is 969. The predicted molar refractivity (Wildman–Crippen MR) is 97.0 cm³/mol. The van der Waals surface area contributed by atoms with Gasteiger partial charge in [0.25, 0.3) is 5.91 Å². The van der Waals surface area contributed by atoms with E-state index in [1.165, 1.54) is 13.1 Å². The Balaban J connectivity index is 1.77. The molecule has 0 aliphatic heterocycles. The van der Waals surface area contributed by atoms with Crippen molar-refractivity contribution in [3.63, 3.8) is 0 Å². The van der Waals surface area contributed by atoms with E-state index in [1.54, 1.807) is 24.3 Å². The van der Waals surface area contributed by atoms with Crippen LogP contribution in [0.3, 0.4) is 0 Å². The Morgan fingerprint density at radius 3 is 2.29 bits per heavy atom. The van der Waals surface area contributed by atoms with Crippen molar-refractivity contribution < 1.29 is 26.4 Å². The summed E-state index contributed by atoms with van der Waals surface area (Å²) in [6.07, 6.45) is -2.85. The molecule has 0 radical (unpaired) electrons. The van der Waals surface area contributed by atoms with Gasteiger partial charge in [-0.15, -0.1) is 0 Å². The van der Waals surface area contributed by atoms with E-state index in [0.29, 0.717) is 11.1 Å². The minimum atomic E-state index is -4.78. The van der Waals surface area contributed by atoms with Crippen molar-refractivity contribution in [1.82, 2.24) is 9.62 Å². The van der Waals surface area contributed by atoms with Crippen LogP contribution < -0.4 is 5.32 Å². The van der Waals surface area contributed by atoms with Gasteiger partial charge in [-0.1, -0.05) is 24.3 Å². The number of halogens is 3. The minimum absolute atomic E-state index is 0.126. The smallest absolute Gasteiger partial charge is 0.349 e. The first kappa shape index (κ1) is 20.3. The number of hydrogen-bond acceptors (Lipinski definition) is 3. The fraction of sp³-hybridized carbons (Fsp3) is 0.316. The van der Waals surface area contributed by atoms with Crippen LogP contribution in [0.2, 0.25) is 0 Å². The van der Waals surface area contributed by atoms with E-state index in [4.69, 9.17) is 0 Å². The van der Waals surface area contributed by atoms with Gasteiger partial charge in [-0.2, -0.15) is 17.5 Å². The first-order valence-electron chi connectivity index (χ1n) is 8.61. The van der Waals surface area contributed by atoms with Crippen molar-refractivity contribution in [3.8, 4) is 0 Å². The van der Waals surface area contributed by atoms with Crippen LogP contribution in [0.1, 0.15) is 34.3 Å². The molecular weight excluding hydrogens is 393 g/mol. The second kappa shape index (κ2) is 7.56. The highest BCUT2D eigenvalue weighted by Gasteiger charge is 2.38. The number of nitrogens with one attached hydrogen (secondary N) is 1. The van der Waals surface area contributed by atoms with Gasteiger partial charge in [0.2, 0.25) is 10.0 Å². The molecule has 5 nitrogen and oxygen atoms in total. The Kier molecular flexibility index (Phi) is 5.49. The maximum Gasteiger partial charge on any atom is 0.417 e. The average Bonchev–Trinajstić information content (AvgIpc) is 3.45. The van der Waals surface area contributed by atoms with Gasteiger partial charge in [0, 0.05) is 25.2 Å². The van der Waals surface area contributed by atoms with Gasteiger partial charge >= 0.3 is 6.18 Å². The van der Waals surface area contributed by atoms with Crippen molar-refractivity contribution in [1.29, 1.82) is 0 Å². The van der Waals surface area contributed by atoms with Crippen LogP contribution in [0.4, 0.5) is 13.2 Å². The number of amides is 1. The van der Waals surface area contributed by atoms with E-state index >= 15 is 0 Å². The van der Waals surface area contributed by atoms with E-state index in [2.05, 4.69) is 5.32 Å². The van der Waals surface area contributed by atoms with Gasteiger partial charge in [-0.25, -0.2) is 8.42 Å². The van der Waals surface area contributed by atoms with Crippen LogP contribution in [-0.2, 0) is 22.7 Å². The summed E-state index contributed by atoms with van der Waals surface area (Å²) in [7, 11) is -3.13. The number of carbonyl (C=O) groups is 1. The van der Waals surface area contributed by atoms with Gasteiger partial charge in [0.1, 0.15) is 0 Å². The quantitative estimate of drug-likeness (QED) is 0.791. The number of rotatable bonds is 6. The van der Waals surface area contributed by atoms with E-state index < -0.39 is 26.7 Å². The molecule has 1 amide bonds. The summed E-state index contributed by atoms with van der Waals surface area (Å²) < 4.78 is 65.7. The van der Waals surface area contributed by atoms with Crippen LogP contribution in [-0.4, -0.2) is 31.7 Å². The summed E-state index contributed by atoms with van der Waals surface area (Å²) in [5, 5.41) is 2.84. The molecule has 0 spiro atoms. The molecule has 0 aromatic heterocycles. The van der Waals surface area contributed by atoms with Crippen molar-refractivity contribution in [3.05, 3.63) is 65.2 Å². The van der Waals surface area contributed by atoms with Gasteiger partial charge in [-0.3, -0.25) is 4.79 Å². The van der Waals surface area contributed by atoms with Gasteiger partial charge < -0.3 is 5.32 Å². The molecule has 0 unspecified atom stereocenters. The first-order valence-corrected chi connectivity index (χ1v) is 10.1. The minimum Gasteiger partial charge on any atom is -0.349 e. The second-order valence-electron chi connectivity index (χ2n) is 6.70. The molecule has 2 aromatic carbocycles. The molecule has 150 valence electrons. The van der Waals surface area contributed by atoms with E-state index in [9.17, 15) is 26.4 Å². The summed E-state index contributed by atoms with van der Waals surface area (Å²) in [6.45, 7) is -0.126. The Morgan fingerprint density at radius 1 is 1.11 bits per heavy atom. The highest BCUT2D eigenvalue weighted by atomic mass is 32.2. The van der Waals surface area contributed by atoms with E-state index in [1.807, 2.05) is 0 Å². The number of hydrogen-bond donors (Lipinski definition) is 1. The maximum atomic E-state index is 13.2. The first-order chi connectivity index (χ1) is 13.1. The lowest BCUT2D eigenvalue weighted by Crippen LogP contribution is -2.28. The molecule has 28 heavy (non-hydrogen) atoms. The monoisotopic (exact) mass is 412 g/mol. The Hall–Kier alpha value is -2.39. The van der Waals surface area contributed by atoms with Crippen LogP contribution in [0.5, 0.6) is 0 Å². The van der Waals surface area contributed by atoms with Gasteiger partial charge in [-0.05, 0) is 42.7 Å². The molecule has 1 saturated carbocycles. The average molecular weight is 412 g/mol. The third-order valence-electron chi connectivity index (χ3n) is 4.41.